The highest BCUT2D eigenvalue weighted by Crippen LogP contribution is 2.18. The summed E-state index contributed by atoms with van der Waals surface area (Å²) in [5.41, 5.74) is 9.25. The summed E-state index contributed by atoms with van der Waals surface area (Å²) in [6, 6.07) is 16.6. The molecule has 26 heavy (non-hydrogen) atoms. The van der Waals surface area contributed by atoms with E-state index in [1.54, 1.807) is 0 Å². The number of carbonyl (C=O) groups is 1. The fourth-order valence-corrected chi connectivity index (χ4v) is 3.44. The van der Waals surface area contributed by atoms with Gasteiger partial charge in [0.15, 0.2) is 0 Å². The lowest BCUT2D eigenvalue weighted by atomic mass is 9.91. The van der Waals surface area contributed by atoms with E-state index in [9.17, 15) is 4.79 Å². The number of rotatable bonds is 6. The Morgan fingerprint density at radius 3 is 2.58 bits per heavy atom. The Balaban J connectivity index is 1.51. The van der Waals surface area contributed by atoms with Crippen molar-refractivity contribution < 1.29 is 9.53 Å². The molecule has 1 fully saturated rings. The molecule has 0 unspecified atom stereocenters. The highest BCUT2D eigenvalue weighted by molar-refractivity contribution is 5.79. The maximum Gasteiger partial charge on any atom is 0.224 e. The van der Waals surface area contributed by atoms with E-state index in [4.69, 9.17) is 10.5 Å². The van der Waals surface area contributed by atoms with Gasteiger partial charge in [0.05, 0.1) is 6.42 Å². The number of hydrogen-bond donors (Lipinski definition) is 2. The van der Waals surface area contributed by atoms with E-state index in [2.05, 4.69) is 30.4 Å². The molecule has 0 bridgehead atoms. The highest BCUT2D eigenvalue weighted by atomic mass is 16.5. The normalized spacial score (nSPS) is 19.8. The molecule has 0 radical (unpaired) electrons. The standard InChI is InChI=1S/C22H28N2O2/c1-16-4-2-6-18(12-16)15-26-21-7-3-5-17(13-21)14-22(25)24-20-10-8-19(23)9-11-20/h2-7,12-13,19-20H,8-11,14-15,23H2,1H3,(H,24,25). The van der Waals surface area contributed by atoms with Crippen LogP contribution < -0.4 is 15.8 Å². The topological polar surface area (TPSA) is 64.3 Å². The molecular formula is C22H28N2O2. The van der Waals surface area contributed by atoms with E-state index in [1.165, 1.54) is 5.56 Å². The Bertz CT molecular complexity index is 736. The zero-order chi connectivity index (χ0) is 18.4. The quantitative estimate of drug-likeness (QED) is 0.836. The minimum Gasteiger partial charge on any atom is -0.489 e. The molecule has 1 aliphatic rings. The summed E-state index contributed by atoms with van der Waals surface area (Å²) >= 11 is 0. The lowest BCUT2D eigenvalue weighted by molar-refractivity contribution is -0.121. The predicted octanol–water partition coefficient (Wildman–Crippen LogP) is 3.50. The van der Waals surface area contributed by atoms with Gasteiger partial charge in [-0.2, -0.15) is 0 Å². The van der Waals surface area contributed by atoms with Crippen molar-refractivity contribution in [3.05, 3.63) is 65.2 Å². The van der Waals surface area contributed by atoms with E-state index >= 15 is 0 Å². The van der Waals surface area contributed by atoms with Crippen LogP contribution in [0.5, 0.6) is 5.75 Å². The molecule has 0 spiro atoms. The summed E-state index contributed by atoms with van der Waals surface area (Å²) in [4.78, 5) is 12.3. The maximum absolute atomic E-state index is 12.3. The van der Waals surface area contributed by atoms with E-state index in [0.717, 1.165) is 42.6 Å². The first-order chi connectivity index (χ1) is 12.6. The number of benzene rings is 2. The van der Waals surface area contributed by atoms with Gasteiger partial charge in [0.1, 0.15) is 12.4 Å². The van der Waals surface area contributed by atoms with Crippen LogP contribution in [0.2, 0.25) is 0 Å². The van der Waals surface area contributed by atoms with E-state index < -0.39 is 0 Å². The number of aryl methyl sites for hydroxylation is 1. The molecule has 0 aliphatic heterocycles. The third-order valence-corrected chi connectivity index (χ3v) is 4.89. The van der Waals surface area contributed by atoms with Crippen LogP contribution in [-0.4, -0.2) is 18.0 Å². The Morgan fingerprint density at radius 1 is 1.08 bits per heavy atom. The van der Waals surface area contributed by atoms with Crippen LogP contribution in [0, 0.1) is 6.92 Å². The van der Waals surface area contributed by atoms with Crippen LogP contribution in [0.25, 0.3) is 0 Å². The summed E-state index contributed by atoms with van der Waals surface area (Å²) in [6.45, 7) is 2.60. The van der Waals surface area contributed by atoms with Gasteiger partial charge < -0.3 is 15.8 Å². The highest BCUT2D eigenvalue weighted by Gasteiger charge is 2.20. The zero-order valence-corrected chi connectivity index (χ0v) is 15.4. The molecule has 4 heteroatoms. The molecule has 1 aliphatic carbocycles. The number of carbonyl (C=O) groups excluding carboxylic acids is 1. The third-order valence-electron chi connectivity index (χ3n) is 4.89. The zero-order valence-electron chi connectivity index (χ0n) is 15.4. The third kappa shape index (κ3) is 5.60. The van der Waals surface area contributed by atoms with Gasteiger partial charge in [-0.1, -0.05) is 42.0 Å². The second-order valence-electron chi connectivity index (χ2n) is 7.28. The summed E-state index contributed by atoms with van der Waals surface area (Å²) in [5, 5.41) is 3.14. The van der Waals surface area contributed by atoms with Gasteiger partial charge >= 0.3 is 0 Å². The Hall–Kier alpha value is -2.33. The Labute approximate surface area is 155 Å². The van der Waals surface area contributed by atoms with Gasteiger partial charge in [-0.15, -0.1) is 0 Å². The summed E-state index contributed by atoms with van der Waals surface area (Å²) in [5.74, 6) is 0.863. The van der Waals surface area contributed by atoms with Gasteiger partial charge in [0, 0.05) is 12.1 Å². The van der Waals surface area contributed by atoms with Crippen LogP contribution in [0.4, 0.5) is 0 Å². The first kappa shape index (κ1) is 18.5. The first-order valence-electron chi connectivity index (χ1n) is 9.41. The molecule has 4 nitrogen and oxygen atoms in total. The molecule has 0 atom stereocenters. The second-order valence-corrected chi connectivity index (χ2v) is 7.28. The molecule has 2 aromatic rings. The smallest absolute Gasteiger partial charge is 0.224 e. The molecule has 138 valence electrons. The second kappa shape index (κ2) is 8.86. The molecule has 0 heterocycles. The number of nitrogens with one attached hydrogen (secondary N) is 1. The van der Waals surface area contributed by atoms with Crippen molar-refractivity contribution in [2.75, 3.05) is 0 Å². The molecular weight excluding hydrogens is 324 g/mol. The molecule has 2 aromatic carbocycles. The number of hydrogen-bond acceptors (Lipinski definition) is 3. The molecule has 1 saturated carbocycles. The Morgan fingerprint density at radius 2 is 1.81 bits per heavy atom. The molecule has 3 rings (SSSR count). The summed E-state index contributed by atoms with van der Waals surface area (Å²) < 4.78 is 5.89. The van der Waals surface area contributed by atoms with Crippen molar-refractivity contribution in [1.29, 1.82) is 0 Å². The van der Waals surface area contributed by atoms with Crippen LogP contribution in [-0.2, 0) is 17.8 Å². The van der Waals surface area contributed by atoms with Crippen molar-refractivity contribution in [3.63, 3.8) is 0 Å². The monoisotopic (exact) mass is 352 g/mol. The van der Waals surface area contributed by atoms with E-state index in [-0.39, 0.29) is 11.9 Å². The van der Waals surface area contributed by atoms with Crippen LogP contribution in [0.1, 0.15) is 42.4 Å². The van der Waals surface area contributed by atoms with Crippen molar-refractivity contribution in [2.45, 2.75) is 57.7 Å². The lowest BCUT2D eigenvalue weighted by Crippen LogP contribution is -2.41. The summed E-state index contributed by atoms with van der Waals surface area (Å²) in [6.07, 6.45) is 4.32. The SMILES string of the molecule is Cc1cccc(COc2cccc(CC(=O)NC3CCC(N)CC3)c2)c1. The molecule has 0 aromatic heterocycles. The lowest BCUT2D eigenvalue weighted by Gasteiger charge is -2.26. The average molecular weight is 352 g/mol. The van der Waals surface area contributed by atoms with Gasteiger partial charge in [-0.05, 0) is 55.9 Å². The van der Waals surface area contributed by atoms with Crippen molar-refractivity contribution in [1.82, 2.24) is 5.32 Å². The van der Waals surface area contributed by atoms with E-state index in [1.807, 2.05) is 30.3 Å². The predicted molar refractivity (Wildman–Crippen MR) is 104 cm³/mol. The fourth-order valence-electron chi connectivity index (χ4n) is 3.44. The average Bonchev–Trinajstić information content (AvgIpc) is 2.62. The molecule has 3 N–H and O–H groups in total. The summed E-state index contributed by atoms with van der Waals surface area (Å²) in [7, 11) is 0. The van der Waals surface area contributed by atoms with Gasteiger partial charge in [-0.3, -0.25) is 4.79 Å². The minimum absolute atomic E-state index is 0.0707. The minimum atomic E-state index is 0.0707. The number of amides is 1. The first-order valence-corrected chi connectivity index (χ1v) is 9.41. The van der Waals surface area contributed by atoms with Crippen LogP contribution in [0.3, 0.4) is 0 Å². The van der Waals surface area contributed by atoms with Crippen molar-refractivity contribution >= 4 is 5.91 Å². The van der Waals surface area contributed by atoms with Crippen LogP contribution >= 0.6 is 0 Å². The van der Waals surface area contributed by atoms with Gasteiger partial charge in [0.2, 0.25) is 5.91 Å². The van der Waals surface area contributed by atoms with Crippen molar-refractivity contribution in [2.24, 2.45) is 5.73 Å². The van der Waals surface area contributed by atoms with Gasteiger partial charge in [-0.25, -0.2) is 0 Å². The fraction of sp³-hybridized carbons (Fsp3) is 0.409. The van der Waals surface area contributed by atoms with Gasteiger partial charge in [0.25, 0.3) is 0 Å². The number of ether oxygens (including phenoxy) is 1. The largest absolute Gasteiger partial charge is 0.489 e. The van der Waals surface area contributed by atoms with Crippen molar-refractivity contribution in [3.8, 4) is 5.75 Å². The molecule has 1 amide bonds. The molecule has 0 saturated heterocycles. The Kier molecular flexibility index (Phi) is 6.29. The maximum atomic E-state index is 12.3. The number of nitrogens with two attached hydrogens (primary N) is 1. The van der Waals surface area contributed by atoms with Crippen LogP contribution in [0.15, 0.2) is 48.5 Å². The van der Waals surface area contributed by atoms with E-state index in [0.29, 0.717) is 19.1 Å².